The third kappa shape index (κ3) is 3.82. The number of hydrogen-bond donors (Lipinski definition) is 2. The highest BCUT2D eigenvalue weighted by Crippen LogP contribution is 2.24. The van der Waals surface area contributed by atoms with Crippen LogP contribution >= 0.6 is 11.3 Å². The number of rotatable bonds is 3. The molecular weight excluding hydrogens is 306 g/mol. The highest BCUT2D eigenvalue weighted by molar-refractivity contribution is 7.93. The number of aryl methyl sites for hydroxylation is 2. The van der Waals surface area contributed by atoms with E-state index in [1.807, 2.05) is 13.8 Å². The molecule has 1 aromatic heterocycles. The van der Waals surface area contributed by atoms with Crippen molar-refractivity contribution in [3.63, 3.8) is 0 Å². The van der Waals surface area contributed by atoms with Gasteiger partial charge in [-0.2, -0.15) is 0 Å². The first-order valence-electron chi connectivity index (χ1n) is 6.18. The molecule has 7 heteroatoms. The Bertz CT molecular complexity index is 795. The Hall–Kier alpha value is -1.88. The maximum atomic E-state index is 12.3. The molecule has 0 amide bonds. The van der Waals surface area contributed by atoms with Crippen molar-refractivity contribution in [1.29, 1.82) is 0 Å². The third-order valence-corrected chi connectivity index (χ3v) is 5.18. The second-order valence-corrected chi connectivity index (χ2v) is 7.19. The van der Waals surface area contributed by atoms with Gasteiger partial charge in [0.25, 0.3) is 10.0 Å². The van der Waals surface area contributed by atoms with Crippen LogP contribution < -0.4 is 10.5 Å². The van der Waals surface area contributed by atoms with Crippen LogP contribution in [-0.4, -0.2) is 19.9 Å². The Balaban J connectivity index is 2.31. The van der Waals surface area contributed by atoms with Crippen molar-refractivity contribution in [3.05, 3.63) is 40.4 Å². The third-order valence-electron chi connectivity index (χ3n) is 2.73. The van der Waals surface area contributed by atoms with Crippen molar-refractivity contribution in [3.8, 4) is 11.8 Å². The van der Waals surface area contributed by atoms with Crippen LogP contribution in [0.2, 0.25) is 0 Å². The van der Waals surface area contributed by atoms with Gasteiger partial charge in [-0.25, -0.2) is 13.4 Å². The molecule has 21 heavy (non-hydrogen) atoms. The van der Waals surface area contributed by atoms with E-state index < -0.39 is 10.0 Å². The molecule has 0 aliphatic carbocycles. The Morgan fingerprint density at radius 1 is 1.38 bits per heavy atom. The summed E-state index contributed by atoms with van der Waals surface area (Å²) >= 11 is 1.31. The summed E-state index contributed by atoms with van der Waals surface area (Å²) in [5.41, 5.74) is 6.73. The first kappa shape index (κ1) is 15.5. The van der Waals surface area contributed by atoms with E-state index in [0.29, 0.717) is 10.7 Å². The van der Waals surface area contributed by atoms with Crippen LogP contribution in [-0.2, 0) is 10.0 Å². The molecule has 0 spiro atoms. The van der Waals surface area contributed by atoms with E-state index in [1.54, 1.807) is 12.1 Å². The standard InChI is InChI=1S/C14H15N3O2S2/c1-10-11(2)20-14(16-10)17-21(18,19)13-7-3-5-12(9-13)6-4-8-15/h3,5,7,9H,8,15H2,1-2H3,(H,16,17). The van der Waals surface area contributed by atoms with Crippen LogP contribution in [0.1, 0.15) is 16.1 Å². The highest BCUT2D eigenvalue weighted by atomic mass is 32.2. The number of nitrogens with two attached hydrogens (primary N) is 1. The lowest BCUT2D eigenvalue weighted by Crippen LogP contribution is -2.12. The molecular formula is C14H15N3O2S2. The SMILES string of the molecule is Cc1nc(NS(=O)(=O)c2cccc(C#CCN)c2)sc1C. The number of nitrogens with zero attached hydrogens (tertiary/aromatic N) is 1. The fourth-order valence-electron chi connectivity index (χ4n) is 1.58. The molecule has 0 fully saturated rings. The lowest BCUT2D eigenvalue weighted by Gasteiger charge is -2.05. The zero-order valence-corrected chi connectivity index (χ0v) is 13.3. The summed E-state index contributed by atoms with van der Waals surface area (Å²) < 4.78 is 27.1. The van der Waals surface area contributed by atoms with E-state index in [0.717, 1.165) is 10.6 Å². The first-order valence-corrected chi connectivity index (χ1v) is 8.48. The number of thiazole rings is 1. The van der Waals surface area contributed by atoms with Crippen LogP contribution in [0.4, 0.5) is 5.13 Å². The zero-order chi connectivity index (χ0) is 15.5. The van der Waals surface area contributed by atoms with Gasteiger partial charge in [0.05, 0.1) is 17.1 Å². The van der Waals surface area contributed by atoms with Gasteiger partial charge in [-0.3, -0.25) is 4.72 Å². The molecule has 0 bridgehead atoms. The lowest BCUT2D eigenvalue weighted by atomic mass is 10.2. The average molecular weight is 321 g/mol. The summed E-state index contributed by atoms with van der Waals surface area (Å²) in [4.78, 5) is 5.31. The first-order chi connectivity index (χ1) is 9.92. The van der Waals surface area contributed by atoms with Crippen LogP contribution in [0.15, 0.2) is 29.2 Å². The van der Waals surface area contributed by atoms with Gasteiger partial charge in [0.2, 0.25) is 0 Å². The fourth-order valence-corrected chi connectivity index (χ4v) is 3.68. The molecule has 0 unspecified atom stereocenters. The van der Waals surface area contributed by atoms with Crippen molar-refractivity contribution in [2.75, 3.05) is 11.3 Å². The normalized spacial score (nSPS) is 10.8. The fraction of sp³-hybridized carbons (Fsp3) is 0.214. The Kier molecular flexibility index (Phi) is 4.63. The van der Waals surface area contributed by atoms with Crippen molar-refractivity contribution in [2.24, 2.45) is 5.73 Å². The number of hydrogen-bond acceptors (Lipinski definition) is 5. The predicted octanol–water partition coefficient (Wildman–Crippen LogP) is 1.87. The molecule has 2 rings (SSSR count). The summed E-state index contributed by atoms with van der Waals surface area (Å²) in [6.07, 6.45) is 0. The van der Waals surface area contributed by atoms with Crippen molar-refractivity contribution in [1.82, 2.24) is 4.98 Å². The van der Waals surface area contributed by atoms with Gasteiger partial charge < -0.3 is 5.73 Å². The van der Waals surface area contributed by atoms with Crippen LogP contribution in [0.3, 0.4) is 0 Å². The van der Waals surface area contributed by atoms with E-state index in [-0.39, 0.29) is 11.4 Å². The van der Waals surface area contributed by atoms with Gasteiger partial charge in [-0.15, -0.1) is 11.3 Å². The summed E-state index contributed by atoms with van der Waals surface area (Å²) in [7, 11) is -3.67. The van der Waals surface area contributed by atoms with Gasteiger partial charge in [-0.05, 0) is 32.0 Å². The van der Waals surface area contributed by atoms with E-state index in [1.165, 1.54) is 23.5 Å². The van der Waals surface area contributed by atoms with Crippen molar-refractivity contribution >= 4 is 26.5 Å². The number of sulfonamides is 1. The Morgan fingerprint density at radius 2 is 2.14 bits per heavy atom. The maximum absolute atomic E-state index is 12.3. The van der Waals surface area contributed by atoms with Gasteiger partial charge >= 0.3 is 0 Å². The number of anilines is 1. The van der Waals surface area contributed by atoms with Gasteiger partial charge in [-0.1, -0.05) is 17.9 Å². The molecule has 1 aromatic carbocycles. The molecule has 1 heterocycles. The quantitative estimate of drug-likeness (QED) is 0.845. The topological polar surface area (TPSA) is 85.1 Å². The predicted molar refractivity (Wildman–Crippen MR) is 84.8 cm³/mol. The molecule has 0 saturated carbocycles. The minimum absolute atomic E-state index is 0.150. The molecule has 5 nitrogen and oxygen atoms in total. The molecule has 0 radical (unpaired) electrons. The maximum Gasteiger partial charge on any atom is 0.263 e. The molecule has 0 atom stereocenters. The minimum Gasteiger partial charge on any atom is -0.320 e. The van der Waals surface area contributed by atoms with Crippen molar-refractivity contribution in [2.45, 2.75) is 18.7 Å². The van der Waals surface area contributed by atoms with E-state index >= 15 is 0 Å². The highest BCUT2D eigenvalue weighted by Gasteiger charge is 2.16. The number of benzene rings is 1. The summed E-state index contributed by atoms with van der Waals surface area (Å²) in [5.74, 6) is 5.51. The molecule has 3 N–H and O–H groups in total. The number of aromatic nitrogens is 1. The second kappa shape index (κ2) is 6.26. The summed E-state index contributed by atoms with van der Waals surface area (Å²) in [6.45, 7) is 3.97. The van der Waals surface area contributed by atoms with E-state index in [9.17, 15) is 8.42 Å². The van der Waals surface area contributed by atoms with Crippen LogP contribution in [0, 0.1) is 25.7 Å². The lowest BCUT2D eigenvalue weighted by molar-refractivity contribution is 0.601. The summed E-state index contributed by atoms with van der Waals surface area (Å²) in [5, 5.41) is 0.364. The van der Waals surface area contributed by atoms with Crippen molar-refractivity contribution < 1.29 is 8.42 Å². The second-order valence-electron chi connectivity index (χ2n) is 4.30. The molecule has 0 aliphatic rings. The molecule has 0 saturated heterocycles. The van der Waals surface area contributed by atoms with Gasteiger partial charge in [0, 0.05) is 10.4 Å². The molecule has 110 valence electrons. The van der Waals surface area contributed by atoms with Crippen LogP contribution in [0.5, 0.6) is 0 Å². The summed E-state index contributed by atoms with van der Waals surface area (Å²) in [6, 6.07) is 6.41. The Labute approximate surface area is 128 Å². The Morgan fingerprint density at radius 3 is 2.76 bits per heavy atom. The zero-order valence-electron chi connectivity index (χ0n) is 11.7. The minimum atomic E-state index is -3.67. The molecule has 2 aromatic rings. The van der Waals surface area contributed by atoms with Crippen LogP contribution in [0.25, 0.3) is 0 Å². The monoisotopic (exact) mass is 321 g/mol. The smallest absolute Gasteiger partial charge is 0.263 e. The largest absolute Gasteiger partial charge is 0.320 e. The van der Waals surface area contributed by atoms with E-state index in [2.05, 4.69) is 21.5 Å². The average Bonchev–Trinajstić information content (AvgIpc) is 2.74. The van der Waals surface area contributed by atoms with Gasteiger partial charge in [0.15, 0.2) is 5.13 Å². The van der Waals surface area contributed by atoms with Gasteiger partial charge in [0.1, 0.15) is 0 Å². The van der Waals surface area contributed by atoms with E-state index in [4.69, 9.17) is 5.73 Å². The molecule has 0 aliphatic heterocycles. The number of nitrogens with one attached hydrogen (secondary N) is 1.